The Morgan fingerprint density at radius 2 is 1.71 bits per heavy atom. The minimum atomic E-state index is -0.146. The van der Waals surface area contributed by atoms with Crippen molar-refractivity contribution in [2.75, 3.05) is 26.3 Å². The van der Waals surface area contributed by atoms with Crippen molar-refractivity contribution in [3.05, 3.63) is 69.7 Å². The van der Waals surface area contributed by atoms with Crippen molar-refractivity contribution in [2.24, 2.45) is 0 Å². The maximum atomic E-state index is 12.3. The smallest absolute Gasteiger partial charge is 0.315 e. The molecule has 2 N–H and O–H groups in total. The molecule has 0 spiro atoms. The molecule has 1 aliphatic heterocycles. The Labute approximate surface area is 175 Å². The summed E-state index contributed by atoms with van der Waals surface area (Å²) in [5, 5.41) is 6.01. The molecule has 0 aliphatic carbocycles. The van der Waals surface area contributed by atoms with Crippen LogP contribution in [-0.2, 0) is 17.8 Å². The summed E-state index contributed by atoms with van der Waals surface area (Å²) in [5.41, 5.74) is 3.49. The Balaban J connectivity index is 1.46. The van der Waals surface area contributed by atoms with E-state index in [1.54, 1.807) is 0 Å². The van der Waals surface area contributed by atoms with Crippen LogP contribution in [0.15, 0.2) is 53.0 Å². The van der Waals surface area contributed by atoms with Crippen molar-refractivity contribution >= 4 is 22.0 Å². The summed E-state index contributed by atoms with van der Waals surface area (Å²) < 4.78 is 6.42. The Kier molecular flexibility index (Phi) is 7.89. The van der Waals surface area contributed by atoms with Crippen LogP contribution in [0.5, 0.6) is 0 Å². The summed E-state index contributed by atoms with van der Waals surface area (Å²) in [4.78, 5) is 14.7. The fourth-order valence-electron chi connectivity index (χ4n) is 3.29. The van der Waals surface area contributed by atoms with Gasteiger partial charge in [-0.2, -0.15) is 0 Å². The molecule has 0 radical (unpaired) electrons. The number of ether oxygens (including phenoxy) is 1. The summed E-state index contributed by atoms with van der Waals surface area (Å²) >= 11 is 3.44. The lowest BCUT2D eigenvalue weighted by Gasteiger charge is -2.26. The number of benzene rings is 2. The van der Waals surface area contributed by atoms with E-state index in [0.29, 0.717) is 6.54 Å². The summed E-state index contributed by atoms with van der Waals surface area (Å²) in [7, 11) is 0. The molecule has 1 fully saturated rings. The highest BCUT2D eigenvalue weighted by molar-refractivity contribution is 9.10. The Hall–Kier alpha value is -1.89. The molecule has 5 nitrogen and oxygen atoms in total. The summed E-state index contributed by atoms with van der Waals surface area (Å²) in [6.07, 6.45) is 0.839. The van der Waals surface area contributed by atoms with Gasteiger partial charge in [0.25, 0.3) is 0 Å². The normalized spacial score (nSPS) is 15.8. The van der Waals surface area contributed by atoms with Crippen LogP contribution >= 0.6 is 15.9 Å². The van der Waals surface area contributed by atoms with Gasteiger partial charge in [0.2, 0.25) is 0 Å². The van der Waals surface area contributed by atoms with Crippen molar-refractivity contribution < 1.29 is 9.53 Å². The molecule has 0 bridgehead atoms. The SMILES string of the molecule is CCC(NC(=O)NCc1ccc(CN2CCOCC2)cc1)c1ccc(Br)cc1. The van der Waals surface area contributed by atoms with Gasteiger partial charge in [-0.1, -0.05) is 59.3 Å². The molecule has 1 heterocycles. The van der Waals surface area contributed by atoms with E-state index < -0.39 is 0 Å². The minimum absolute atomic E-state index is 0.00370. The van der Waals surface area contributed by atoms with E-state index in [-0.39, 0.29) is 12.1 Å². The monoisotopic (exact) mass is 445 g/mol. The number of urea groups is 1. The number of hydrogen-bond acceptors (Lipinski definition) is 3. The topological polar surface area (TPSA) is 53.6 Å². The Bertz CT molecular complexity index is 743. The van der Waals surface area contributed by atoms with Gasteiger partial charge in [-0.15, -0.1) is 0 Å². The van der Waals surface area contributed by atoms with E-state index in [2.05, 4.69) is 62.7 Å². The van der Waals surface area contributed by atoms with Crippen LogP contribution in [0.4, 0.5) is 4.79 Å². The van der Waals surface area contributed by atoms with Crippen LogP contribution in [0.1, 0.15) is 36.1 Å². The molecule has 2 amide bonds. The van der Waals surface area contributed by atoms with Crippen molar-refractivity contribution in [2.45, 2.75) is 32.5 Å². The average Bonchev–Trinajstić information content (AvgIpc) is 2.73. The molecule has 1 saturated heterocycles. The first-order valence-corrected chi connectivity index (χ1v) is 10.6. The maximum absolute atomic E-state index is 12.3. The molecule has 6 heteroatoms. The first kappa shape index (κ1) is 20.8. The van der Waals surface area contributed by atoms with E-state index >= 15 is 0 Å². The lowest BCUT2D eigenvalue weighted by Crippen LogP contribution is -2.37. The van der Waals surface area contributed by atoms with Crippen LogP contribution in [0.2, 0.25) is 0 Å². The fourth-order valence-corrected chi connectivity index (χ4v) is 3.55. The number of carbonyl (C=O) groups excluding carboxylic acids is 1. The maximum Gasteiger partial charge on any atom is 0.315 e. The first-order valence-electron chi connectivity index (χ1n) is 9.82. The second-order valence-corrected chi connectivity index (χ2v) is 7.96. The molecule has 0 saturated carbocycles. The largest absolute Gasteiger partial charge is 0.379 e. The zero-order chi connectivity index (χ0) is 19.8. The second kappa shape index (κ2) is 10.6. The fraction of sp³-hybridized carbons (Fsp3) is 0.409. The van der Waals surface area contributed by atoms with Gasteiger partial charge in [0, 0.05) is 30.7 Å². The summed E-state index contributed by atoms with van der Waals surface area (Å²) in [6, 6.07) is 16.4. The molecular formula is C22H28BrN3O2. The zero-order valence-corrected chi connectivity index (χ0v) is 17.9. The second-order valence-electron chi connectivity index (χ2n) is 7.04. The molecule has 1 aliphatic rings. The zero-order valence-electron chi connectivity index (χ0n) is 16.3. The molecular weight excluding hydrogens is 418 g/mol. The lowest BCUT2D eigenvalue weighted by molar-refractivity contribution is 0.0342. The van der Waals surface area contributed by atoms with Crippen molar-refractivity contribution in [3.8, 4) is 0 Å². The van der Waals surface area contributed by atoms with Crippen LogP contribution in [0, 0.1) is 0 Å². The predicted octanol–water partition coefficient (Wildman–Crippen LogP) is 4.23. The van der Waals surface area contributed by atoms with Gasteiger partial charge in [0.05, 0.1) is 19.3 Å². The quantitative estimate of drug-likeness (QED) is 0.670. The Morgan fingerprint density at radius 3 is 2.36 bits per heavy atom. The number of amides is 2. The van der Waals surface area contributed by atoms with Gasteiger partial charge in [0.1, 0.15) is 0 Å². The highest BCUT2D eigenvalue weighted by atomic mass is 79.9. The standard InChI is InChI=1S/C22H28BrN3O2/c1-2-21(19-7-9-20(23)10-8-19)25-22(27)24-15-17-3-5-18(6-4-17)16-26-11-13-28-14-12-26/h3-10,21H,2,11-16H2,1H3,(H2,24,25,27). The van der Waals surface area contributed by atoms with Crippen molar-refractivity contribution in [3.63, 3.8) is 0 Å². The first-order chi connectivity index (χ1) is 13.6. The molecule has 0 aromatic heterocycles. The van der Waals surface area contributed by atoms with Crippen molar-refractivity contribution in [1.29, 1.82) is 0 Å². The summed E-state index contributed by atoms with van der Waals surface area (Å²) in [5.74, 6) is 0. The van der Waals surface area contributed by atoms with E-state index in [0.717, 1.165) is 54.9 Å². The number of hydrogen-bond donors (Lipinski definition) is 2. The third-order valence-corrected chi connectivity index (χ3v) is 5.50. The summed E-state index contributed by atoms with van der Waals surface area (Å²) in [6.45, 7) is 7.14. The van der Waals surface area contributed by atoms with E-state index in [4.69, 9.17) is 4.74 Å². The van der Waals surface area contributed by atoms with Gasteiger partial charge in [-0.05, 0) is 35.2 Å². The van der Waals surface area contributed by atoms with E-state index in [1.807, 2.05) is 24.3 Å². The number of rotatable bonds is 7. The van der Waals surface area contributed by atoms with Gasteiger partial charge in [-0.3, -0.25) is 4.90 Å². The number of nitrogens with zero attached hydrogens (tertiary/aromatic N) is 1. The molecule has 2 aromatic rings. The minimum Gasteiger partial charge on any atom is -0.379 e. The molecule has 150 valence electrons. The highest BCUT2D eigenvalue weighted by Crippen LogP contribution is 2.19. The van der Waals surface area contributed by atoms with E-state index in [1.165, 1.54) is 5.56 Å². The molecule has 1 unspecified atom stereocenters. The highest BCUT2D eigenvalue weighted by Gasteiger charge is 2.13. The average molecular weight is 446 g/mol. The third-order valence-electron chi connectivity index (χ3n) is 4.97. The van der Waals surface area contributed by atoms with Crippen molar-refractivity contribution in [1.82, 2.24) is 15.5 Å². The number of halogens is 1. The Morgan fingerprint density at radius 1 is 1.07 bits per heavy atom. The number of morpholine rings is 1. The molecule has 1 atom stereocenters. The predicted molar refractivity (Wildman–Crippen MR) is 115 cm³/mol. The van der Waals surface area contributed by atoms with Crippen LogP contribution in [-0.4, -0.2) is 37.2 Å². The van der Waals surface area contributed by atoms with Crippen LogP contribution in [0.3, 0.4) is 0 Å². The number of nitrogens with one attached hydrogen (secondary N) is 2. The van der Waals surface area contributed by atoms with Crippen LogP contribution in [0.25, 0.3) is 0 Å². The number of carbonyl (C=O) groups is 1. The molecule has 28 heavy (non-hydrogen) atoms. The lowest BCUT2D eigenvalue weighted by atomic mass is 10.1. The van der Waals surface area contributed by atoms with Crippen LogP contribution < -0.4 is 10.6 Å². The third kappa shape index (κ3) is 6.33. The van der Waals surface area contributed by atoms with Gasteiger partial charge in [0.15, 0.2) is 0 Å². The van der Waals surface area contributed by atoms with E-state index in [9.17, 15) is 4.79 Å². The van der Waals surface area contributed by atoms with Gasteiger partial charge in [-0.25, -0.2) is 4.79 Å². The molecule has 3 rings (SSSR count). The van der Waals surface area contributed by atoms with Gasteiger partial charge < -0.3 is 15.4 Å². The van der Waals surface area contributed by atoms with Gasteiger partial charge >= 0.3 is 6.03 Å². The molecule has 2 aromatic carbocycles.